The lowest BCUT2D eigenvalue weighted by molar-refractivity contribution is -0.388. The summed E-state index contributed by atoms with van der Waals surface area (Å²) in [6, 6.07) is 0. The molecule has 88 valence electrons. The van der Waals surface area contributed by atoms with Crippen LogP contribution in [0.2, 0.25) is 5.28 Å². The van der Waals surface area contributed by atoms with Crippen molar-refractivity contribution in [3.8, 4) is 0 Å². The lowest BCUT2D eigenvalue weighted by atomic mass is 10.3. The topological polar surface area (TPSA) is 89.2 Å². The van der Waals surface area contributed by atoms with E-state index in [9.17, 15) is 10.1 Å². The van der Waals surface area contributed by atoms with Crippen LogP contribution in [0.4, 0.5) is 5.69 Å². The molecule has 8 heteroatoms. The van der Waals surface area contributed by atoms with Crippen molar-refractivity contribution < 1.29 is 10.0 Å². The number of hydrogen-bond donors (Lipinski definition) is 1. The molecule has 1 unspecified atom stereocenters. The SMILES string of the molecule is CC(CCO)Sc1nc(Cl)ncc1[N+](=O)[O-]. The molecule has 0 aliphatic carbocycles. The van der Waals surface area contributed by atoms with Crippen molar-refractivity contribution in [2.24, 2.45) is 0 Å². The third-order valence-electron chi connectivity index (χ3n) is 1.75. The first-order chi connectivity index (χ1) is 7.54. The molecule has 0 amide bonds. The maximum atomic E-state index is 10.7. The lowest BCUT2D eigenvalue weighted by Gasteiger charge is -2.08. The van der Waals surface area contributed by atoms with Gasteiger partial charge in [-0.05, 0) is 18.0 Å². The Balaban J connectivity index is 2.92. The third kappa shape index (κ3) is 3.58. The van der Waals surface area contributed by atoms with Crippen molar-refractivity contribution >= 4 is 29.1 Å². The molecule has 0 aliphatic rings. The van der Waals surface area contributed by atoms with Crippen molar-refractivity contribution in [3.05, 3.63) is 21.6 Å². The van der Waals surface area contributed by atoms with Crippen molar-refractivity contribution in [1.82, 2.24) is 9.97 Å². The van der Waals surface area contributed by atoms with Gasteiger partial charge in [0.1, 0.15) is 6.20 Å². The standard InChI is InChI=1S/C8H10ClN3O3S/c1-5(2-3-13)16-7-6(12(14)15)4-10-8(9)11-7/h4-5,13H,2-3H2,1H3. The molecule has 1 N–H and O–H groups in total. The summed E-state index contributed by atoms with van der Waals surface area (Å²) in [4.78, 5) is 17.5. The molecule has 0 aromatic carbocycles. The molecule has 0 bridgehead atoms. The minimum atomic E-state index is -0.551. The zero-order valence-electron chi connectivity index (χ0n) is 8.46. The number of aliphatic hydroxyl groups excluding tert-OH is 1. The fourth-order valence-electron chi connectivity index (χ4n) is 0.983. The monoisotopic (exact) mass is 263 g/mol. The van der Waals surface area contributed by atoms with Crippen molar-refractivity contribution in [1.29, 1.82) is 0 Å². The van der Waals surface area contributed by atoms with Crippen LogP contribution in [0.15, 0.2) is 11.2 Å². The molecule has 0 radical (unpaired) electrons. The number of nitrogens with zero attached hydrogens (tertiary/aromatic N) is 3. The summed E-state index contributed by atoms with van der Waals surface area (Å²) in [6.07, 6.45) is 1.62. The van der Waals surface area contributed by atoms with Crippen molar-refractivity contribution in [3.63, 3.8) is 0 Å². The van der Waals surface area contributed by atoms with Gasteiger partial charge in [-0.25, -0.2) is 9.97 Å². The van der Waals surface area contributed by atoms with Crippen LogP contribution in [0.3, 0.4) is 0 Å². The molecule has 1 heterocycles. The second-order valence-electron chi connectivity index (χ2n) is 3.03. The van der Waals surface area contributed by atoms with Gasteiger partial charge < -0.3 is 5.11 Å². The van der Waals surface area contributed by atoms with Crippen LogP contribution in [0.5, 0.6) is 0 Å². The van der Waals surface area contributed by atoms with E-state index in [1.54, 1.807) is 0 Å². The number of halogens is 1. The van der Waals surface area contributed by atoms with Gasteiger partial charge in [-0.1, -0.05) is 18.7 Å². The lowest BCUT2D eigenvalue weighted by Crippen LogP contribution is -2.02. The highest BCUT2D eigenvalue weighted by molar-refractivity contribution is 8.00. The predicted molar refractivity (Wildman–Crippen MR) is 60.7 cm³/mol. The summed E-state index contributed by atoms with van der Waals surface area (Å²) in [6.45, 7) is 1.88. The zero-order valence-corrected chi connectivity index (χ0v) is 10.0. The Kier molecular flexibility index (Phi) is 4.91. The first-order valence-electron chi connectivity index (χ1n) is 4.49. The van der Waals surface area contributed by atoms with Gasteiger partial charge in [0.25, 0.3) is 0 Å². The summed E-state index contributed by atoms with van der Waals surface area (Å²) >= 11 is 6.77. The fourth-order valence-corrected chi connectivity index (χ4v) is 2.16. The van der Waals surface area contributed by atoms with Gasteiger partial charge in [-0.3, -0.25) is 10.1 Å². The first-order valence-corrected chi connectivity index (χ1v) is 5.74. The maximum absolute atomic E-state index is 10.7. The highest BCUT2D eigenvalue weighted by Gasteiger charge is 2.19. The molecular weight excluding hydrogens is 254 g/mol. The molecule has 0 spiro atoms. The van der Waals surface area contributed by atoms with Gasteiger partial charge in [-0.15, -0.1) is 0 Å². The molecule has 6 nitrogen and oxygen atoms in total. The first kappa shape index (κ1) is 13.1. The number of thioether (sulfide) groups is 1. The number of rotatable bonds is 5. The van der Waals surface area contributed by atoms with Crippen LogP contribution < -0.4 is 0 Å². The van der Waals surface area contributed by atoms with Gasteiger partial charge in [0.05, 0.1) is 4.92 Å². The Morgan fingerprint density at radius 1 is 1.75 bits per heavy atom. The van der Waals surface area contributed by atoms with Crippen LogP contribution in [-0.4, -0.2) is 31.9 Å². The molecule has 0 saturated heterocycles. The van der Waals surface area contributed by atoms with Crippen LogP contribution in [0.25, 0.3) is 0 Å². The summed E-state index contributed by atoms with van der Waals surface area (Å²) < 4.78 is 0. The Morgan fingerprint density at radius 3 is 3.00 bits per heavy atom. The van der Waals surface area contributed by atoms with Crippen LogP contribution >= 0.6 is 23.4 Å². The van der Waals surface area contributed by atoms with Crippen molar-refractivity contribution in [2.75, 3.05) is 6.61 Å². The van der Waals surface area contributed by atoms with Crippen LogP contribution in [-0.2, 0) is 0 Å². The molecule has 1 atom stereocenters. The van der Waals surface area contributed by atoms with E-state index < -0.39 is 4.92 Å². The van der Waals surface area contributed by atoms with Crippen molar-refractivity contribution in [2.45, 2.75) is 23.6 Å². The fraction of sp³-hybridized carbons (Fsp3) is 0.500. The van der Waals surface area contributed by atoms with E-state index in [1.807, 2.05) is 6.92 Å². The van der Waals surface area contributed by atoms with E-state index >= 15 is 0 Å². The smallest absolute Gasteiger partial charge is 0.319 e. The normalized spacial score (nSPS) is 12.4. The maximum Gasteiger partial charge on any atom is 0.319 e. The van der Waals surface area contributed by atoms with E-state index in [0.717, 1.165) is 6.20 Å². The van der Waals surface area contributed by atoms with E-state index in [1.165, 1.54) is 11.8 Å². The summed E-state index contributed by atoms with van der Waals surface area (Å²) in [7, 11) is 0. The number of hydrogen-bond acceptors (Lipinski definition) is 6. The highest BCUT2D eigenvalue weighted by atomic mass is 35.5. The number of aliphatic hydroxyl groups is 1. The molecule has 0 aliphatic heterocycles. The average Bonchev–Trinajstić information content (AvgIpc) is 2.17. The highest BCUT2D eigenvalue weighted by Crippen LogP contribution is 2.31. The number of aromatic nitrogens is 2. The molecule has 0 saturated carbocycles. The summed E-state index contributed by atoms with van der Waals surface area (Å²) in [5.41, 5.74) is -0.167. The van der Waals surface area contributed by atoms with E-state index in [4.69, 9.17) is 16.7 Å². The van der Waals surface area contributed by atoms with E-state index in [0.29, 0.717) is 6.42 Å². The third-order valence-corrected chi connectivity index (χ3v) is 3.10. The van der Waals surface area contributed by atoms with Gasteiger partial charge >= 0.3 is 5.69 Å². The molecular formula is C8H10ClN3O3S. The molecule has 0 fully saturated rings. The van der Waals surface area contributed by atoms with E-state index in [2.05, 4.69) is 9.97 Å². The molecule has 1 rings (SSSR count). The average molecular weight is 264 g/mol. The Labute approximate surface area is 101 Å². The van der Waals surface area contributed by atoms with Gasteiger partial charge in [-0.2, -0.15) is 0 Å². The van der Waals surface area contributed by atoms with Gasteiger partial charge in [0.15, 0.2) is 5.03 Å². The zero-order chi connectivity index (χ0) is 12.1. The predicted octanol–water partition coefficient (Wildman–Crippen LogP) is 1.90. The molecule has 16 heavy (non-hydrogen) atoms. The minimum absolute atomic E-state index is 0.0228. The summed E-state index contributed by atoms with van der Waals surface area (Å²) in [5.74, 6) is 0. The summed E-state index contributed by atoms with van der Waals surface area (Å²) in [5, 5.41) is 19.7. The molecule has 1 aromatic rings. The number of nitro groups is 1. The largest absolute Gasteiger partial charge is 0.396 e. The van der Waals surface area contributed by atoms with Crippen LogP contribution in [0.1, 0.15) is 13.3 Å². The second-order valence-corrected chi connectivity index (χ2v) is 4.79. The van der Waals surface area contributed by atoms with E-state index in [-0.39, 0.29) is 27.9 Å². The van der Waals surface area contributed by atoms with Gasteiger partial charge in [0, 0.05) is 11.9 Å². The Morgan fingerprint density at radius 2 is 2.44 bits per heavy atom. The van der Waals surface area contributed by atoms with Gasteiger partial charge in [0.2, 0.25) is 5.28 Å². The Bertz CT molecular complexity index is 391. The Hall–Kier alpha value is -0.920. The quantitative estimate of drug-likeness (QED) is 0.287. The minimum Gasteiger partial charge on any atom is -0.396 e. The second kappa shape index (κ2) is 5.97. The van der Waals surface area contributed by atoms with Crippen LogP contribution in [0, 0.1) is 10.1 Å². The molecule has 1 aromatic heterocycles.